The molecule has 0 atom stereocenters. The lowest BCUT2D eigenvalue weighted by Crippen LogP contribution is -1.95. The zero-order valence-electron chi connectivity index (χ0n) is 4.96. The molecule has 1 rings (SSSR count). The van der Waals surface area contributed by atoms with Crippen LogP contribution in [0.1, 0.15) is 16.2 Å². The molecule has 0 radical (unpaired) electrons. The molecule has 0 aliphatic rings. The molecule has 0 saturated heterocycles. The van der Waals surface area contributed by atoms with Crippen molar-refractivity contribution in [1.29, 1.82) is 5.26 Å². The predicted molar refractivity (Wildman–Crippen MR) is 32.5 cm³/mol. The van der Waals surface area contributed by atoms with Gasteiger partial charge in [0, 0.05) is 0 Å². The average Bonchev–Trinajstić information content (AvgIpc) is 2.34. The van der Waals surface area contributed by atoms with Gasteiger partial charge in [-0.05, 0) is 12.1 Å². The Hall–Kier alpha value is -1.76. The van der Waals surface area contributed by atoms with E-state index < -0.39 is 5.97 Å². The van der Waals surface area contributed by atoms with Crippen LogP contribution in [-0.2, 0) is 0 Å². The topological polar surface area (TPSA) is 76.9 Å². The van der Waals surface area contributed by atoms with Crippen LogP contribution in [0.15, 0.2) is 12.1 Å². The third kappa shape index (κ3) is 0.977. The van der Waals surface area contributed by atoms with Gasteiger partial charge in [0.05, 0.1) is 0 Å². The average molecular weight is 136 g/mol. The second kappa shape index (κ2) is 2.23. The SMILES string of the molecule is N#Cc1ccc(C(=O)O)[nH]1. The van der Waals surface area contributed by atoms with Crippen LogP contribution in [0.25, 0.3) is 0 Å². The van der Waals surface area contributed by atoms with Gasteiger partial charge in [-0.2, -0.15) is 5.26 Å². The molecule has 10 heavy (non-hydrogen) atoms. The minimum Gasteiger partial charge on any atom is -0.477 e. The summed E-state index contributed by atoms with van der Waals surface area (Å²) in [7, 11) is 0. The van der Waals surface area contributed by atoms with Gasteiger partial charge in [-0.25, -0.2) is 4.79 Å². The van der Waals surface area contributed by atoms with Crippen molar-refractivity contribution >= 4 is 5.97 Å². The Morgan fingerprint density at radius 2 is 2.40 bits per heavy atom. The quantitative estimate of drug-likeness (QED) is 0.592. The molecule has 2 N–H and O–H groups in total. The second-order valence-electron chi connectivity index (χ2n) is 1.70. The van der Waals surface area contributed by atoms with E-state index in [2.05, 4.69) is 4.98 Å². The van der Waals surface area contributed by atoms with E-state index in [0.29, 0.717) is 0 Å². The second-order valence-corrected chi connectivity index (χ2v) is 1.70. The highest BCUT2D eigenvalue weighted by Gasteiger charge is 2.03. The Labute approximate surface area is 56.7 Å². The van der Waals surface area contributed by atoms with Crippen LogP contribution in [0, 0.1) is 11.3 Å². The summed E-state index contributed by atoms with van der Waals surface area (Å²) in [6, 6.07) is 4.55. The molecule has 0 bridgehead atoms. The Morgan fingerprint density at radius 3 is 2.70 bits per heavy atom. The van der Waals surface area contributed by atoms with Crippen LogP contribution in [-0.4, -0.2) is 16.1 Å². The summed E-state index contributed by atoms with van der Waals surface area (Å²) in [6.45, 7) is 0. The fourth-order valence-electron chi connectivity index (χ4n) is 0.585. The fraction of sp³-hybridized carbons (Fsp3) is 0. The van der Waals surface area contributed by atoms with Gasteiger partial charge in [0.15, 0.2) is 0 Å². The summed E-state index contributed by atoms with van der Waals surface area (Å²) >= 11 is 0. The maximum Gasteiger partial charge on any atom is 0.352 e. The third-order valence-corrected chi connectivity index (χ3v) is 1.04. The number of aromatic carboxylic acids is 1. The zero-order chi connectivity index (χ0) is 7.56. The highest BCUT2D eigenvalue weighted by Crippen LogP contribution is 1.98. The highest BCUT2D eigenvalue weighted by molar-refractivity contribution is 5.85. The first-order valence-electron chi connectivity index (χ1n) is 2.56. The number of hydrogen-bond donors (Lipinski definition) is 2. The molecular formula is C6H4N2O2. The molecule has 1 aromatic heterocycles. The molecule has 50 valence electrons. The molecule has 4 nitrogen and oxygen atoms in total. The summed E-state index contributed by atoms with van der Waals surface area (Å²) in [5.74, 6) is -1.05. The Bertz CT molecular complexity index is 295. The Kier molecular flexibility index (Phi) is 1.42. The molecule has 0 spiro atoms. The van der Waals surface area contributed by atoms with Crippen LogP contribution < -0.4 is 0 Å². The number of carboxylic acid groups (broad SMARTS) is 1. The predicted octanol–water partition coefficient (Wildman–Crippen LogP) is 0.585. The first-order valence-corrected chi connectivity index (χ1v) is 2.56. The van der Waals surface area contributed by atoms with Crippen molar-refractivity contribution in [2.75, 3.05) is 0 Å². The van der Waals surface area contributed by atoms with Crippen molar-refractivity contribution < 1.29 is 9.90 Å². The number of H-pyrrole nitrogens is 1. The maximum absolute atomic E-state index is 10.2. The molecule has 0 amide bonds. The van der Waals surface area contributed by atoms with E-state index in [4.69, 9.17) is 10.4 Å². The molecule has 0 aliphatic carbocycles. The van der Waals surface area contributed by atoms with Gasteiger partial charge in [-0.15, -0.1) is 0 Å². The molecule has 1 aromatic rings. The van der Waals surface area contributed by atoms with Crippen molar-refractivity contribution in [3.8, 4) is 6.07 Å². The van der Waals surface area contributed by atoms with E-state index in [9.17, 15) is 4.79 Å². The van der Waals surface area contributed by atoms with Crippen LogP contribution in [0.4, 0.5) is 0 Å². The largest absolute Gasteiger partial charge is 0.477 e. The number of hydrogen-bond acceptors (Lipinski definition) is 2. The van der Waals surface area contributed by atoms with Crippen LogP contribution in [0.3, 0.4) is 0 Å². The van der Waals surface area contributed by atoms with Gasteiger partial charge in [-0.3, -0.25) is 0 Å². The Morgan fingerprint density at radius 1 is 1.70 bits per heavy atom. The third-order valence-electron chi connectivity index (χ3n) is 1.04. The molecule has 0 aliphatic heterocycles. The van der Waals surface area contributed by atoms with Gasteiger partial charge in [0.25, 0.3) is 0 Å². The number of nitrogens with one attached hydrogen (secondary N) is 1. The number of carboxylic acids is 1. The summed E-state index contributed by atoms with van der Waals surface area (Å²) < 4.78 is 0. The van der Waals surface area contributed by atoms with Crippen LogP contribution >= 0.6 is 0 Å². The molecule has 0 unspecified atom stereocenters. The van der Waals surface area contributed by atoms with Crippen LogP contribution in [0.5, 0.6) is 0 Å². The summed E-state index contributed by atoms with van der Waals surface area (Å²) in [6.07, 6.45) is 0. The summed E-state index contributed by atoms with van der Waals surface area (Å²) in [5.41, 5.74) is 0.300. The van der Waals surface area contributed by atoms with Crippen molar-refractivity contribution in [3.05, 3.63) is 23.5 Å². The smallest absolute Gasteiger partial charge is 0.352 e. The fourth-order valence-corrected chi connectivity index (χ4v) is 0.585. The summed E-state index contributed by atoms with van der Waals surface area (Å²) in [5, 5.41) is 16.6. The lowest BCUT2D eigenvalue weighted by atomic mass is 10.4. The van der Waals surface area contributed by atoms with E-state index in [0.717, 1.165) is 0 Å². The summed E-state index contributed by atoms with van der Waals surface area (Å²) in [4.78, 5) is 12.6. The van der Waals surface area contributed by atoms with Gasteiger partial charge >= 0.3 is 5.97 Å². The number of aromatic nitrogens is 1. The number of nitrogens with zero attached hydrogens (tertiary/aromatic N) is 1. The molecule has 4 heteroatoms. The first kappa shape index (κ1) is 6.36. The molecule has 1 heterocycles. The monoisotopic (exact) mass is 136 g/mol. The minimum absolute atomic E-state index is 0.0385. The number of rotatable bonds is 1. The van der Waals surface area contributed by atoms with E-state index in [1.807, 2.05) is 0 Å². The maximum atomic E-state index is 10.2. The van der Waals surface area contributed by atoms with E-state index >= 15 is 0 Å². The van der Waals surface area contributed by atoms with E-state index in [1.165, 1.54) is 12.1 Å². The number of nitriles is 1. The van der Waals surface area contributed by atoms with Crippen LogP contribution in [0.2, 0.25) is 0 Å². The standard InChI is InChI=1S/C6H4N2O2/c7-3-4-1-2-5(8-4)6(9)10/h1-2,8H,(H,9,10). The number of carbonyl (C=O) groups is 1. The van der Waals surface area contributed by atoms with Gasteiger partial charge in [0.2, 0.25) is 0 Å². The molecule has 0 aromatic carbocycles. The molecular weight excluding hydrogens is 132 g/mol. The van der Waals surface area contributed by atoms with Gasteiger partial charge in [0.1, 0.15) is 17.5 Å². The van der Waals surface area contributed by atoms with Crippen molar-refractivity contribution in [2.45, 2.75) is 0 Å². The first-order chi connectivity index (χ1) is 4.74. The highest BCUT2D eigenvalue weighted by atomic mass is 16.4. The van der Waals surface area contributed by atoms with E-state index in [1.54, 1.807) is 6.07 Å². The lowest BCUT2D eigenvalue weighted by Gasteiger charge is -1.82. The number of aromatic amines is 1. The van der Waals surface area contributed by atoms with Gasteiger partial charge < -0.3 is 10.1 Å². The van der Waals surface area contributed by atoms with Crippen molar-refractivity contribution in [3.63, 3.8) is 0 Å². The normalized spacial score (nSPS) is 8.70. The van der Waals surface area contributed by atoms with E-state index in [-0.39, 0.29) is 11.4 Å². The Balaban J connectivity index is 3.02. The lowest BCUT2D eigenvalue weighted by molar-refractivity contribution is 0.0691. The van der Waals surface area contributed by atoms with Crippen molar-refractivity contribution in [2.24, 2.45) is 0 Å². The van der Waals surface area contributed by atoms with Gasteiger partial charge in [-0.1, -0.05) is 0 Å². The van der Waals surface area contributed by atoms with Crippen molar-refractivity contribution in [1.82, 2.24) is 4.98 Å². The molecule has 0 saturated carbocycles. The minimum atomic E-state index is -1.05. The zero-order valence-corrected chi connectivity index (χ0v) is 4.96. The molecule has 0 fully saturated rings.